The van der Waals surface area contributed by atoms with Crippen molar-refractivity contribution in [1.29, 1.82) is 0 Å². The van der Waals surface area contributed by atoms with Crippen molar-refractivity contribution in [2.24, 2.45) is 5.92 Å². The van der Waals surface area contributed by atoms with Crippen molar-refractivity contribution < 1.29 is 17.6 Å². The summed E-state index contributed by atoms with van der Waals surface area (Å²) in [4.78, 5) is 16.9. The van der Waals surface area contributed by atoms with Crippen LogP contribution in [0.2, 0.25) is 0 Å². The fourth-order valence-corrected chi connectivity index (χ4v) is 5.35. The molecule has 146 valence electrons. The molecule has 0 saturated carbocycles. The number of hydrogen-bond donors (Lipinski definition) is 1. The number of nitrogens with zero attached hydrogens (tertiary/aromatic N) is 1. The molecule has 6 nitrogen and oxygen atoms in total. The molecule has 0 bridgehead atoms. The van der Waals surface area contributed by atoms with Gasteiger partial charge in [0.2, 0.25) is 0 Å². The maximum atomic E-state index is 12.4. The highest BCUT2D eigenvalue weighted by Crippen LogP contribution is 2.20. The van der Waals surface area contributed by atoms with Gasteiger partial charge in [-0.3, -0.25) is 4.79 Å². The number of benzene rings is 2. The first-order chi connectivity index (χ1) is 13.5. The molecule has 28 heavy (non-hydrogen) atoms. The Morgan fingerprint density at radius 2 is 1.96 bits per heavy atom. The van der Waals surface area contributed by atoms with Gasteiger partial charge in [0.15, 0.2) is 21.3 Å². The molecule has 2 aromatic carbocycles. The second kappa shape index (κ2) is 7.75. The van der Waals surface area contributed by atoms with Crippen molar-refractivity contribution in [2.45, 2.75) is 19.3 Å². The lowest BCUT2D eigenvalue weighted by Gasteiger charge is -2.09. The van der Waals surface area contributed by atoms with Gasteiger partial charge in [-0.25, -0.2) is 13.4 Å². The van der Waals surface area contributed by atoms with E-state index in [1.165, 1.54) is 5.56 Å². The van der Waals surface area contributed by atoms with Crippen molar-refractivity contribution in [2.75, 3.05) is 18.1 Å². The highest BCUT2D eigenvalue weighted by Gasteiger charge is 2.28. The standard InChI is InChI=1S/C21H22N2O4S/c24-21(22-13-16-10-11-28(25,26)14-16)17-7-8-19-18(12-17)23-20(27-19)9-6-15-4-2-1-3-5-15/h1-5,7-8,12,16H,6,9-11,13-14H2,(H,22,24)/t16-/m0/s1. The first-order valence-electron chi connectivity index (χ1n) is 9.40. The molecule has 3 aromatic rings. The van der Waals surface area contributed by atoms with E-state index >= 15 is 0 Å². The van der Waals surface area contributed by atoms with E-state index in [0.29, 0.717) is 41.9 Å². The molecular formula is C21H22N2O4S. The summed E-state index contributed by atoms with van der Waals surface area (Å²) in [6.07, 6.45) is 2.14. The lowest BCUT2D eigenvalue weighted by Crippen LogP contribution is -2.29. The summed E-state index contributed by atoms with van der Waals surface area (Å²) in [7, 11) is -2.93. The third kappa shape index (κ3) is 4.42. The minimum absolute atomic E-state index is 0.00526. The zero-order chi connectivity index (χ0) is 19.6. The monoisotopic (exact) mass is 398 g/mol. The average molecular weight is 398 g/mol. The van der Waals surface area contributed by atoms with E-state index < -0.39 is 9.84 Å². The molecule has 7 heteroatoms. The van der Waals surface area contributed by atoms with Crippen LogP contribution < -0.4 is 5.32 Å². The fraction of sp³-hybridized carbons (Fsp3) is 0.333. The van der Waals surface area contributed by atoms with Gasteiger partial charge in [0.25, 0.3) is 5.91 Å². The predicted octanol–water partition coefficient (Wildman–Crippen LogP) is 2.78. The molecule has 1 aliphatic heterocycles. The van der Waals surface area contributed by atoms with Crippen molar-refractivity contribution >= 4 is 26.8 Å². The number of nitrogens with one attached hydrogen (secondary N) is 1. The number of aryl methyl sites for hydroxylation is 2. The van der Waals surface area contributed by atoms with Gasteiger partial charge in [0.05, 0.1) is 11.5 Å². The van der Waals surface area contributed by atoms with E-state index in [1.54, 1.807) is 18.2 Å². The first kappa shape index (κ1) is 18.7. The van der Waals surface area contributed by atoms with E-state index in [1.807, 2.05) is 18.2 Å². The minimum Gasteiger partial charge on any atom is -0.441 e. The number of rotatable bonds is 6. The molecular weight excluding hydrogens is 376 g/mol. The normalized spacial score (nSPS) is 18.4. The molecule has 4 rings (SSSR count). The van der Waals surface area contributed by atoms with Crippen LogP contribution in [0.4, 0.5) is 0 Å². The Labute approximate surface area is 163 Å². The molecule has 1 N–H and O–H groups in total. The molecule has 1 atom stereocenters. The third-order valence-corrected chi connectivity index (χ3v) is 6.88. The highest BCUT2D eigenvalue weighted by molar-refractivity contribution is 7.91. The van der Waals surface area contributed by atoms with Gasteiger partial charge < -0.3 is 9.73 Å². The third-order valence-electron chi connectivity index (χ3n) is 5.04. The lowest BCUT2D eigenvalue weighted by atomic mass is 10.1. The molecule has 0 spiro atoms. The molecule has 1 aromatic heterocycles. The van der Waals surface area contributed by atoms with Crippen LogP contribution in [0.5, 0.6) is 0 Å². The Morgan fingerprint density at radius 3 is 2.71 bits per heavy atom. The summed E-state index contributed by atoms with van der Waals surface area (Å²) >= 11 is 0. The van der Waals surface area contributed by atoms with Crippen LogP contribution >= 0.6 is 0 Å². The van der Waals surface area contributed by atoms with Crippen molar-refractivity contribution in [3.05, 3.63) is 65.5 Å². The van der Waals surface area contributed by atoms with Crippen LogP contribution in [0.15, 0.2) is 52.9 Å². The Bertz CT molecular complexity index is 1090. The topological polar surface area (TPSA) is 89.3 Å². The van der Waals surface area contributed by atoms with Crippen LogP contribution in [-0.2, 0) is 22.7 Å². The average Bonchev–Trinajstić information content (AvgIpc) is 3.26. The summed E-state index contributed by atoms with van der Waals surface area (Å²) in [5.41, 5.74) is 3.02. The van der Waals surface area contributed by atoms with Crippen LogP contribution in [0.1, 0.15) is 28.2 Å². The number of sulfone groups is 1. The number of aromatic nitrogens is 1. The number of carbonyl (C=O) groups is 1. The van der Waals surface area contributed by atoms with E-state index in [9.17, 15) is 13.2 Å². The molecule has 1 fully saturated rings. The molecule has 1 amide bonds. The van der Waals surface area contributed by atoms with Gasteiger partial charge in [-0.05, 0) is 42.5 Å². The Hall–Kier alpha value is -2.67. The molecule has 0 radical (unpaired) electrons. The SMILES string of the molecule is O=C(NC[C@@H]1CCS(=O)(=O)C1)c1ccc2oc(CCc3ccccc3)nc2c1. The van der Waals surface area contributed by atoms with Crippen molar-refractivity contribution in [1.82, 2.24) is 10.3 Å². The quantitative estimate of drug-likeness (QED) is 0.690. The smallest absolute Gasteiger partial charge is 0.251 e. The molecule has 0 unspecified atom stereocenters. The Balaban J connectivity index is 1.39. The fourth-order valence-electron chi connectivity index (χ4n) is 3.49. The van der Waals surface area contributed by atoms with Gasteiger partial charge >= 0.3 is 0 Å². The van der Waals surface area contributed by atoms with E-state index in [2.05, 4.69) is 22.4 Å². The molecule has 1 aliphatic rings. The second-order valence-electron chi connectivity index (χ2n) is 7.25. The van der Waals surface area contributed by atoms with Gasteiger partial charge in [0.1, 0.15) is 5.52 Å². The van der Waals surface area contributed by atoms with Crippen LogP contribution in [0.25, 0.3) is 11.1 Å². The summed E-state index contributed by atoms with van der Waals surface area (Å²) in [5.74, 6) is 0.784. The summed E-state index contributed by atoms with van der Waals surface area (Å²) in [5, 5.41) is 2.84. The van der Waals surface area contributed by atoms with Crippen molar-refractivity contribution in [3.8, 4) is 0 Å². The van der Waals surface area contributed by atoms with Crippen molar-refractivity contribution in [3.63, 3.8) is 0 Å². The van der Waals surface area contributed by atoms with Gasteiger partial charge in [-0.15, -0.1) is 0 Å². The summed E-state index contributed by atoms with van der Waals surface area (Å²) in [6.45, 7) is 0.372. The van der Waals surface area contributed by atoms with Crippen LogP contribution in [0.3, 0.4) is 0 Å². The maximum absolute atomic E-state index is 12.4. The zero-order valence-electron chi connectivity index (χ0n) is 15.4. The highest BCUT2D eigenvalue weighted by atomic mass is 32.2. The van der Waals surface area contributed by atoms with E-state index in [-0.39, 0.29) is 23.3 Å². The number of fused-ring (bicyclic) bond motifs is 1. The number of hydrogen-bond acceptors (Lipinski definition) is 5. The minimum atomic E-state index is -2.93. The van der Waals surface area contributed by atoms with Gasteiger partial charge in [-0.2, -0.15) is 0 Å². The summed E-state index contributed by atoms with van der Waals surface area (Å²) in [6, 6.07) is 15.3. The van der Waals surface area contributed by atoms with Gasteiger partial charge in [-0.1, -0.05) is 30.3 Å². The second-order valence-corrected chi connectivity index (χ2v) is 9.48. The Kier molecular flexibility index (Phi) is 5.17. The number of carbonyl (C=O) groups excluding carboxylic acids is 1. The first-order valence-corrected chi connectivity index (χ1v) is 11.2. The largest absolute Gasteiger partial charge is 0.441 e. The predicted molar refractivity (Wildman–Crippen MR) is 107 cm³/mol. The van der Waals surface area contributed by atoms with E-state index in [0.717, 1.165) is 6.42 Å². The number of oxazole rings is 1. The van der Waals surface area contributed by atoms with Crippen LogP contribution in [-0.4, -0.2) is 37.4 Å². The van der Waals surface area contributed by atoms with E-state index in [4.69, 9.17) is 4.42 Å². The maximum Gasteiger partial charge on any atom is 0.251 e. The summed E-state index contributed by atoms with van der Waals surface area (Å²) < 4.78 is 28.8. The lowest BCUT2D eigenvalue weighted by molar-refractivity contribution is 0.0948. The zero-order valence-corrected chi connectivity index (χ0v) is 16.2. The molecule has 0 aliphatic carbocycles. The molecule has 2 heterocycles. The van der Waals surface area contributed by atoms with Gasteiger partial charge in [0, 0.05) is 18.5 Å². The molecule has 1 saturated heterocycles. The Morgan fingerprint density at radius 1 is 1.14 bits per heavy atom. The number of amides is 1. The van der Waals surface area contributed by atoms with Crippen LogP contribution in [0, 0.1) is 5.92 Å².